The molecule has 0 aliphatic rings. The Labute approximate surface area is 154 Å². The van der Waals surface area contributed by atoms with Gasteiger partial charge in [-0.05, 0) is 64.7 Å². The predicted molar refractivity (Wildman–Crippen MR) is 103 cm³/mol. The minimum atomic E-state index is -0.331. The number of benzene rings is 3. The zero-order valence-corrected chi connectivity index (χ0v) is 15.4. The van der Waals surface area contributed by atoms with Crippen molar-refractivity contribution >= 4 is 39.3 Å². The van der Waals surface area contributed by atoms with Crippen LogP contribution in [0.25, 0.3) is 10.8 Å². The minimum Gasteiger partial charge on any atom is -0.488 e. The number of hydrogen-bond donors (Lipinski definition) is 0. The highest BCUT2D eigenvalue weighted by atomic mass is 127. The third-order valence-corrected chi connectivity index (χ3v) is 4.30. The molecule has 0 fully saturated rings. The van der Waals surface area contributed by atoms with Gasteiger partial charge in [0.25, 0.3) is 0 Å². The second-order valence-electron chi connectivity index (χ2n) is 5.33. The quantitative estimate of drug-likeness (QED) is 0.411. The van der Waals surface area contributed by atoms with Gasteiger partial charge in [-0.3, -0.25) is 0 Å². The van der Waals surface area contributed by atoms with Crippen LogP contribution in [0.2, 0.25) is 0 Å². The first-order valence-electron chi connectivity index (χ1n) is 7.74. The van der Waals surface area contributed by atoms with E-state index >= 15 is 0 Å². The summed E-state index contributed by atoms with van der Waals surface area (Å²) in [4.78, 5) is 12.1. The average molecular weight is 432 g/mol. The molecule has 0 aromatic heterocycles. The van der Waals surface area contributed by atoms with Crippen molar-refractivity contribution in [3.05, 3.63) is 75.4 Å². The number of ether oxygens (including phenoxy) is 2. The van der Waals surface area contributed by atoms with Crippen molar-refractivity contribution in [1.82, 2.24) is 0 Å². The van der Waals surface area contributed by atoms with E-state index in [2.05, 4.69) is 28.7 Å². The van der Waals surface area contributed by atoms with Crippen LogP contribution in [0.15, 0.2) is 60.7 Å². The van der Waals surface area contributed by atoms with Crippen LogP contribution in [0.5, 0.6) is 5.75 Å². The average Bonchev–Trinajstić information content (AvgIpc) is 2.60. The molecule has 3 rings (SSSR count). The number of hydrogen-bond acceptors (Lipinski definition) is 3. The van der Waals surface area contributed by atoms with Crippen LogP contribution in [0.3, 0.4) is 0 Å². The van der Waals surface area contributed by atoms with Crippen molar-refractivity contribution in [3.8, 4) is 5.75 Å². The summed E-state index contributed by atoms with van der Waals surface area (Å²) in [7, 11) is 0. The van der Waals surface area contributed by atoms with Crippen LogP contribution in [0.4, 0.5) is 0 Å². The van der Waals surface area contributed by atoms with Crippen molar-refractivity contribution < 1.29 is 14.3 Å². The van der Waals surface area contributed by atoms with Crippen LogP contribution in [-0.2, 0) is 11.3 Å². The van der Waals surface area contributed by atoms with Gasteiger partial charge in [0, 0.05) is 8.96 Å². The summed E-state index contributed by atoms with van der Waals surface area (Å²) in [5.41, 5.74) is 1.59. The van der Waals surface area contributed by atoms with Crippen molar-refractivity contribution in [3.63, 3.8) is 0 Å². The molecule has 4 heteroatoms. The van der Waals surface area contributed by atoms with Crippen molar-refractivity contribution in [2.75, 3.05) is 6.61 Å². The molecule has 0 N–H and O–H groups in total. The molecule has 0 saturated carbocycles. The van der Waals surface area contributed by atoms with Gasteiger partial charge in [0.15, 0.2) is 0 Å². The second-order valence-corrected chi connectivity index (χ2v) is 6.58. The van der Waals surface area contributed by atoms with E-state index in [4.69, 9.17) is 9.47 Å². The largest absolute Gasteiger partial charge is 0.488 e. The molecule has 0 spiro atoms. The van der Waals surface area contributed by atoms with Crippen molar-refractivity contribution in [2.45, 2.75) is 13.5 Å². The molecule has 0 radical (unpaired) electrons. The molecule has 3 aromatic carbocycles. The summed E-state index contributed by atoms with van der Waals surface area (Å²) in [6.45, 7) is 2.60. The highest BCUT2D eigenvalue weighted by Crippen LogP contribution is 2.30. The molecule has 0 bridgehead atoms. The molecule has 0 amide bonds. The van der Waals surface area contributed by atoms with Gasteiger partial charge in [-0.1, -0.05) is 36.4 Å². The van der Waals surface area contributed by atoms with E-state index in [1.165, 1.54) is 0 Å². The molecule has 122 valence electrons. The summed E-state index contributed by atoms with van der Waals surface area (Å²) in [5.74, 6) is 0.362. The Morgan fingerprint density at radius 1 is 1.04 bits per heavy atom. The lowest BCUT2D eigenvalue weighted by molar-refractivity contribution is 0.0526. The molecule has 24 heavy (non-hydrogen) atoms. The first-order valence-corrected chi connectivity index (χ1v) is 8.82. The van der Waals surface area contributed by atoms with Gasteiger partial charge in [0.1, 0.15) is 12.4 Å². The first kappa shape index (κ1) is 16.8. The Bertz CT molecular complexity index is 859. The summed E-state index contributed by atoms with van der Waals surface area (Å²) in [6.07, 6.45) is 0. The molecule has 0 aliphatic heterocycles. The Morgan fingerprint density at radius 2 is 1.83 bits per heavy atom. The van der Waals surface area contributed by atoms with E-state index in [-0.39, 0.29) is 5.97 Å². The van der Waals surface area contributed by atoms with Crippen LogP contribution in [0.1, 0.15) is 22.8 Å². The fourth-order valence-corrected chi connectivity index (χ4v) is 2.97. The molecule has 0 saturated heterocycles. The normalized spacial score (nSPS) is 10.6. The van der Waals surface area contributed by atoms with Gasteiger partial charge in [-0.2, -0.15) is 0 Å². The van der Waals surface area contributed by atoms with E-state index in [9.17, 15) is 4.79 Å². The van der Waals surface area contributed by atoms with E-state index in [1.807, 2.05) is 48.5 Å². The van der Waals surface area contributed by atoms with E-state index in [1.54, 1.807) is 13.0 Å². The van der Waals surface area contributed by atoms with Crippen molar-refractivity contribution in [1.29, 1.82) is 0 Å². The number of fused-ring (bicyclic) bond motifs is 1. The lowest BCUT2D eigenvalue weighted by Gasteiger charge is -2.12. The number of carbonyl (C=O) groups is 1. The van der Waals surface area contributed by atoms with E-state index in [0.29, 0.717) is 24.5 Å². The molecule has 0 aliphatic carbocycles. The minimum absolute atomic E-state index is 0.331. The monoisotopic (exact) mass is 432 g/mol. The fraction of sp³-hybridized carbons (Fsp3) is 0.150. The third-order valence-electron chi connectivity index (χ3n) is 3.63. The first-order chi connectivity index (χ1) is 11.7. The predicted octanol–water partition coefficient (Wildman–Crippen LogP) is 5.20. The summed E-state index contributed by atoms with van der Waals surface area (Å²) in [6, 6.07) is 19.6. The zero-order valence-electron chi connectivity index (χ0n) is 13.3. The van der Waals surface area contributed by atoms with Gasteiger partial charge in [-0.25, -0.2) is 4.79 Å². The van der Waals surface area contributed by atoms with Crippen LogP contribution < -0.4 is 4.74 Å². The number of esters is 1. The van der Waals surface area contributed by atoms with Crippen LogP contribution in [0, 0.1) is 3.57 Å². The Hall–Kier alpha value is -2.08. The van der Waals surface area contributed by atoms with Crippen LogP contribution in [-0.4, -0.2) is 12.6 Å². The van der Waals surface area contributed by atoms with Gasteiger partial charge in [-0.15, -0.1) is 0 Å². The maximum atomic E-state index is 12.1. The summed E-state index contributed by atoms with van der Waals surface area (Å²) < 4.78 is 12.3. The smallest absolute Gasteiger partial charge is 0.338 e. The van der Waals surface area contributed by atoms with Crippen molar-refractivity contribution in [2.24, 2.45) is 0 Å². The third kappa shape index (κ3) is 3.87. The Morgan fingerprint density at radius 3 is 2.58 bits per heavy atom. The zero-order chi connectivity index (χ0) is 16.9. The van der Waals surface area contributed by atoms with Gasteiger partial charge in [0.05, 0.1) is 12.2 Å². The standard InChI is InChI=1S/C20H17IO3/c1-2-23-20(22)16-10-15-8-9-17(21)12-18(15)19(11-16)24-13-14-6-4-3-5-7-14/h3-12H,2,13H2,1H3. The van der Waals surface area contributed by atoms with Gasteiger partial charge >= 0.3 is 5.97 Å². The molecular weight excluding hydrogens is 415 g/mol. The molecule has 3 aromatic rings. The number of carbonyl (C=O) groups excluding carboxylic acids is 1. The highest BCUT2D eigenvalue weighted by molar-refractivity contribution is 14.1. The van der Waals surface area contributed by atoms with E-state index in [0.717, 1.165) is 19.9 Å². The SMILES string of the molecule is CCOC(=O)c1cc(OCc2ccccc2)c2cc(I)ccc2c1. The fourth-order valence-electron chi connectivity index (χ4n) is 2.48. The second kappa shape index (κ2) is 7.66. The van der Waals surface area contributed by atoms with Gasteiger partial charge in [0.2, 0.25) is 0 Å². The maximum Gasteiger partial charge on any atom is 0.338 e. The highest BCUT2D eigenvalue weighted by Gasteiger charge is 2.12. The molecule has 0 unspecified atom stereocenters. The lowest BCUT2D eigenvalue weighted by atomic mass is 10.1. The number of halogens is 1. The Kier molecular flexibility index (Phi) is 5.35. The van der Waals surface area contributed by atoms with Crippen LogP contribution >= 0.6 is 22.6 Å². The Balaban J connectivity index is 1.99. The topological polar surface area (TPSA) is 35.5 Å². The maximum absolute atomic E-state index is 12.1. The molecule has 3 nitrogen and oxygen atoms in total. The molecule has 0 atom stereocenters. The number of rotatable bonds is 5. The summed E-state index contributed by atoms with van der Waals surface area (Å²) >= 11 is 2.27. The van der Waals surface area contributed by atoms with E-state index < -0.39 is 0 Å². The lowest BCUT2D eigenvalue weighted by Crippen LogP contribution is -2.05. The van der Waals surface area contributed by atoms with Gasteiger partial charge < -0.3 is 9.47 Å². The molecular formula is C20H17IO3. The summed E-state index contributed by atoms with van der Waals surface area (Å²) in [5, 5.41) is 1.95. The molecule has 0 heterocycles.